The van der Waals surface area contributed by atoms with Crippen LogP contribution >= 0.6 is 0 Å². The first kappa shape index (κ1) is 9.87. The van der Waals surface area contributed by atoms with Crippen LogP contribution in [0.15, 0.2) is 0 Å². The zero-order valence-electron chi connectivity index (χ0n) is 7.32. The Bertz CT molecular complexity index is 133. The topological polar surface area (TPSA) is 0 Å². The molecule has 0 bridgehead atoms. The molecule has 1 atom stereocenters. The van der Waals surface area contributed by atoms with Crippen molar-refractivity contribution in [2.75, 3.05) is 0 Å². The van der Waals surface area contributed by atoms with Gasteiger partial charge in [-0.05, 0) is 18.8 Å². The van der Waals surface area contributed by atoms with Crippen LogP contribution in [-0.2, 0) is 0 Å². The van der Waals surface area contributed by atoms with E-state index in [0.717, 1.165) is 32.1 Å². The summed E-state index contributed by atoms with van der Waals surface area (Å²) in [6, 6.07) is 0. The highest BCUT2D eigenvalue weighted by Crippen LogP contribution is 2.38. The van der Waals surface area contributed by atoms with Crippen molar-refractivity contribution in [2.45, 2.75) is 45.2 Å². The molecule has 0 heterocycles. The van der Waals surface area contributed by atoms with Gasteiger partial charge >= 0.3 is 6.18 Å². The summed E-state index contributed by atoms with van der Waals surface area (Å²) in [5, 5.41) is 0. The SMILES string of the molecule is CC(C1CCCCC1)C(F)(F)F. The van der Waals surface area contributed by atoms with Gasteiger partial charge in [-0.25, -0.2) is 0 Å². The van der Waals surface area contributed by atoms with E-state index in [-0.39, 0.29) is 5.92 Å². The van der Waals surface area contributed by atoms with Crippen LogP contribution in [0.2, 0.25) is 0 Å². The molecule has 1 saturated carbocycles. The van der Waals surface area contributed by atoms with Crippen LogP contribution in [0.3, 0.4) is 0 Å². The van der Waals surface area contributed by atoms with Crippen molar-refractivity contribution in [1.29, 1.82) is 0 Å². The van der Waals surface area contributed by atoms with E-state index in [1.807, 2.05) is 0 Å². The molecule has 1 unspecified atom stereocenters. The molecular weight excluding hydrogens is 165 g/mol. The van der Waals surface area contributed by atoms with Gasteiger partial charge in [0.1, 0.15) is 0 Å². The van der Waals surface area contributed by atoms with Crippen molar-refractivity contribution < 1.29 is 13.2 Å². The first-order valence-corrected chi connectivity index (χ1v) is 4.58. The molecule has 0 aromatic heterocycles. The van der Waals surface area contributed by atoms with Gasteiger partial charge in [-0.1, -0.05) is 26.2 Å². The highest BCUT2D eigenvalue weighted by molar-refractivity contribution is 4.75. The third kappa shape index (κ3) is 2.39. The summed E-state index contributed by atoms with van der Waals surface area (Å²) >= 11 is 0. The maximum Gasteiger partial charge on any atom is 0.391 e. The monoisotopic (exact) mass is 180 g/mol. The van der Waals surface area contributed by atoms with Gasteiger partial charge in [0.15, 0.2) is 0 Å². The third-order valence-corrected chi connectivity index (χ3v) is 2.87. The summed E-state index contributed by atoms with van der Waals surface area (Å²) in [6.45, 7) is 1.32. The van der Waals surface area contributed by atoms with E-state index in [1.165, 1.54) is 6.92 Å². The Balaban J connectivity index is 2.45. The molecule has 0 N–H and O–H groups in total. The Labute approximate surface area is 71.1 Å². The van der Waals surface area contributed by atoms with Crippen LogP contribution in [0.4, 0.5) is 13.2 Å². The molecule has 0 aromatic carbocycles. The molecule has 0 aliphatic heterocycles. The molecule has 12 heavy (non-hydrogen) atoms. The molecular formula is C9H15F3. The minimum atomic E-state index is -3.98. The van der Waals surface area contributed by atoms with Crippen molar-refractivity contribution in [1.82, 2.24) is 0 Å². The standard InChI is InChI=1S/C9H15F3/c1-7(9(10,11)12)8-5-3-2-4-6-8/h7-8H,2-6H2,1H3. The van der Waals surface area contributed by atoms with Gasteiger partial charge in [0.05, 0.1) is 5.92 Å². The van der Waals surface area contributed by atoms with Crippen LogP contribution in [0, 0.1) is 11.8 Å². The zero-order valence-corrected chi connectivity index (χ0v) is 7.32. The molecule has 1 rings (SSSR count). The van der Waals surface area contributed by atoms with E-state index < -0.39 is 12.1 Å². The Kier molecular flexibility index (Phi) is 3.02. The molecule has 72 valence electrons. The van der Waals surface area contributed by atoms with Gasteiger partial charge < -0.3 is 0 Å². The van der Waals surface area contributed by atoms with Crippen LogP contribution in [0.5, 0.6) is 0 Å². The Morgan fingerprint density at radius 2 is 1.58 bits per heavy atom. The van der Waals surface area contributed by atoms with Crippen LogP contribution < -0.4 is 0 Å². The quantitative estimate of drug-likeness (QED) is 0.576. The number of rotatable bonds is 1. The first-order valence-electron chi connectivity index (χ1n) is 4.58. The minimum absolute atomic E-state index is 0.112. The van der Waals surface area contributed by atoms with Crippen molar-refractivity contribution in [3.63, 3.8) is 0 Å². The number of alkyl halides is 3. The lowest BCUT2D eigenvalue weighted by Crippen LogP contribution is -2.29. The maximum absolute atomic E-state index is 12.2. The molecule has 0 amide bonds. The van der Waals surface area contributed by atoms with Crippen molar-refractivity contribution in [3.05, 3.63) is 0 Å². The molecule has 0 radical (unpaired) electrons. The fourth-order valence-electron chi connectivity index (χ4n) is 1.90. The Morgan fingerprint density at radius 3 is 2.00 bits per heavy atom. The summed E-state index contributed by atoms with van der Waals surface area (Å²) in [5.41, 5.74) is 0. The average molecular weight is 180 g/mol. The van der Waals surface area contributed by atoms with Gasteiger partial charge in [-0.3, -0.25) is 0 Å². The lowest BCUT2D eigenvalue weighted by Gasteiger charge is -2.28. The van der Waals surface area contributed by atoms with E-state index >= 15 is 0 Å². The fourth-order valence-corrected chi connectivity index (χ4v) is 1.90. The van der Waals surface area contributed by atoms with Gasteiger partial charge in [-0.2, -0.15) is 13.2 Å². The van der Waals surface area contributed by atoms with Crippen molar-refractivity contribution in [2.24, 2.45) is 11.8 Å². The minimum Gasteiger partial charge on any atom is -0.171 e. The molecule has 1 aliphatic rings. The lowest BCUT2D eigenvalue weighted by atomic mass is 9.80. The number of halogens is 3. The Morgan fingerprint density at radius 1 is 1.08 bits per heavy atom. The molecule has 0 spiro atoms. The van der Waals surface area contributed by atoms with E-state index in [1.54, 1.807) is 0 Å². The lowest BCUT2D eigenvalue weighted by molar-refractivity contribution is -0.186. The second-order valence-electron chi connectivity index (χ2n) is 3.73. The number of hydrogen-bond acceptors (Lipinski definition) is 0. The molecule has 1 aliphatic carbocycles. The van der Waals surface area contributed by atoms with Gasteiger partial charge in [-0.15, -0.1) is 0 Å². The highest BCUT2D eigenvalue weighted by Gasteiger charge is 2.40. The van der Waals surface area contributed by atoms with E-state index in [2.05, 4.69) is 0 Å². The highest BCUT2D eigenvalue weighted by atomic mass is 19.4. The van der Waals surface area contributed by atoms with Gasteiger partial charge in [0.2, 0.25) is 0 Å². The summed E-state index contributed by atoms with van der Waals surface area (Å²) < 4.78 is 36.7. The van der Waals surface area contributed by atoms with Crippen LogP contribution in [0.1, 0.15) is 39.0 Å². The predicted molar refractivity (Wildman–Crippen MR) is 41.8 cm³/mol. The van der Waals surface area contributed by atoms with Gasteiger partial charge in [0.25, 0.3) is 0 Å². The van der Waals surface area contributed by atoms with Crippen molar-refractivity contribution >= 4 is 0 Å². The largest absolute Gasteiger partial charge is 0.391 e. The van der Waals surface area contributed by atoms with E-state index in [9.17, 15) is 13.2 Å². The summed E-state index contributed by atoms with van der Waals surface area (Å²) in [4.78, 5) is 0. The number of hydrogen-bond donors (Lipinski definition) is 0. The van der Waals surface area contributed by atoms with Crippen molar-refractivity contribution in [3.8, 4) is 0 Å². The Hall–Kier alpha value is -0.210. The summed E-state index contributed by atoms with van der Waals surface area (Å²) in [5.74, 6) is -1.21. The predicted octanol–water partition coefficient (Wildman–Crippen LogP) is 3.77. The van der Waals surface area contributed by atoms with E-state index in [0.29, 0.717) is 0 Å². The summed E-state index contributed by atoms with van der Waals surface area (Å²) in [6.07, 6.45) is 0.612. The van der Waals surface area contributed by atoms with Crippen LogP contribution in [-0.4, -0.2) is 6.18 Å². The third-order valence-electron chi connectivity index (χ3n) is 2.87. The molecule has 1 fully saturated rings. The zero-order chi connectivity index (χ0) is 9.19. The van der Waals surface area contributed by atoms with E-state index in [4.69, 9.17) is 0 Å². The van der Waals surface area contributed by atoms with Crippen LogP contribution in [0.25, 0.3) is 0 Å². The second-order valence-corrected chi connectivity index (χ2v) is 3.73. The molecule has 0 saturated heterocycles. The summed E-state index contributed by atoms with van der Waals surface area (Å²) in [7, 11) is 0. The first-order chi connectivity index (χ1) is 5.52. The second kappa shape index (κ2) is 3.67. The normalized spacial score (nSPS) is 24.0. The molecule has 0 aromatic rings. The smallest absolute Gasteiger partial charge is 0.171 e. The molecule has 0 nitrogen and oxygen atoms in total. The molecule has 3 heteroatoms. The van der Waals surface area contributed by atoms with Gasteiger partial charge in [0, 0.05) is 0 Å². The fraction of sp³-hybridized carbons (Fsp3) is 1.00. The average Bonchev–Trinajstić information content (AvgIpc) is 2.03. The maximum atomic E-state index is 12.2.